The molecule has 1 aromatic heterocycles. The van der Waals surface area contributed by atoms with Gasteiger partial charge in [0.05, 0.1) is 7.11 Å². The average molecular weight is 193 g/mol. The zero-order valence-electron chi connectivity index (χ0n) is 7.86. The molecule has 5 heteroatoms. The summed E-state index contributed by atoms with van der Waals surface area (Å²) in [6, 6.07) is 3.56. The third-order valence-corrected chi connectivity index (χ3v) is 1.99. The molecule has 1 aliphatic carbocycles. The van der Waals surface area contributed by atoms with Crippen LogP contribution in [0.3, 0.4) is 0 Å². The summed E-state index contributed by atoms with van der Waals surface area (Å²) >= 11 is 0. The summed E-state index contributed by atoms with van der Waals surface area (Å²) in [7, 11) is 1.51. The Hall–Kier alpha value is -1.65. The van der Waals surface area contributed by atoms with Crippen molar-refractivity contribution < 1.29 is 9.53 Å². The van der Waals surface area contributed by atoms with Crippen LogP contribution in [-0.4, -0.2) is 29.3 Å². The standard InChI is InChI=1S/C9H11N3O2/c1-14-8-5-4-7(11-12-8)9(13)10-6-2-3-6/h4-6H,2-3H2,1H3,(H,10,13). The van der Waals surface area contributed by atoms with Crippen molar-refractivity contribution in [1.29, 1.82) is 0 Å². The first-order valence-electron chi connectivity index (χ1n) is 4.48. The van der Waals surface area contributed by atoms with Crippen molar-refractivity contribution in [2.24, 2.45) is 0 Å². The number of methoxy groups -OCH3 is 1. The Balaban J connectivity index is 2.03. The molecule has 0 aliphatic heterocycles. The SMILES string of the molecule is COc1ccc(C(=O)NC2CC2)nn1. The van der Waals surface area contributed by atoms with Gasteiger partial charge in [0, 0.05) is 12.1 Å². The number of hydrogen-bond acceptors (Lipinski definition) is 4. The molecule has 1 heterocycles. The van der Waals surface area contributed by atoms with E-state index in [4.69, 9.17) is 4.74 Å². The number of ether oxygens (including phenoxy) is 1. The van der Waals surface area contributed by atoms with Crippen molar-refractivity contribution in [3.8, 4) is 5.88 Å². The molecule has 5 nitrogen and oxygen atoms in total. The second kappa shape index (κ2) is 3.61. The van der Waals surface area contributed by atoms with Gasteiger partial charge in [-0.15, -0.1) is 10.2 Å². The van der Waals surface area contributed by atoms with Gasteiger partial charge >= 0.3 is 0 Å². The Morgan fingerprint density at radius 3 is 2.79 bits per heavy atom. The molecule has 1 saturated carbocycles. The molecule has 14 heavy (non-hydrogen) atoms. The zero-order chi connectivity index (χ0) is 9.97. The molecular weight excluding hydrogens is 182 g/mol. The lowest BCUT2D eigenvalue weighted by molar-refractivity contribution is 0.0945. The summed E-state index contributed by atoms with van der Waals surface area (Å²) in [4.78, 5) is 11.4. The molecule has 0 bridgehead atoms. The third-order valence-electron chi connectivity index (χ3n) is 1.99. The minimum atomic E-state index is -0.164. The summed E-state index contributed by atoms with van der Waals surface area (Å²) in [6.45, 7) is 0. The first kappa shape index (κ1) is 8.93. The van der Waals surface area contributed by atoms with Gasteiger partial charge in [-0.2, -0.15) is 0 Å². The first-order chi connectivity index (χ1) is 6.79. The number of nitrogens with zero attached hydrogens (tertiary/aromatic N) is 2. The van der Waals surface area contributed by atoms with Crippen LogP contribution in [0.1, 0.15) is 23.3 Å². The van der Waals surface area contributed by atoms with Crippen LogP contribution in [0.15, 0.2) is 12.1 Å². The second-order valence-corrected chi connectivity index (χ2v) is 3.21. The van der Waals surface area contributed by atoms with Crippen LogP contribution in [0, 0.1) is 0 Å². The van der Waals surface area contributed by atoms with Crippen LogP contribution in [0.5, 0.6) is 5.88 Å². The van der Waals surface area contributed by atoms with Crippen molar-refractivity contribution in [1.82, 2.24) is 15.5 Å². The predicted octanol–water partition coefficient (Wildman–Crippen LogP) is 0.377. The summed E-state index contributed by atoms with van der Waals surface area (Å²) < 4.78 is 4.84. The summed E-state index contributed by atoms with van der Waals surface area (Å²) in [5.74, 6) is 0.246. The fourth-order valence-electron chi connectivity index (χ4n) is 1.04. The van der Waals surface area contributed by atoms with Gasteiger partial charge in [0.15, 0.2) is 5.69 Å². The lowest BCUT2D eigenvalue weighted by Gasteiger charge is -2.01. The maximum atomic E-state index is 11.4. The number of carbonyl (C=O) groups excluding carboxylic acids is 1. The molecule has 1 fully saturated rings. The van der Waals surface area contributed by atoms with E-state index >= 15 is 0 Å². The molecule has 0 spiro atoms. The molecule has 0 saturated heterocycles. The minimum Gasteiger partial charge on any atom is -0.480 e. The molecule has 0 unspecified atom stereocenters. The number of rotatable bonds is 3. The van der Waals surface area contributed by atoms with Gasteiger partial charge in [0.25, 0.3) is 5.91 Å². The molecule has 0 atom stereocenters. The summed E-state index contributed by atoms with van der Waals surface area (Å²) in [5.41, 5.74) is 0.331. The van der Waals surface area contributed by atoms with E-state index in [0.717, 1.165) is 12.8 Å². The van der Waals surface area contributed by atoms with E-state index in [1.54, 1.807) is 12.1 Å². The van der Waals surface area contributed by atoms with Crippen molar-refractivity contribution >= 4 is 5.91 Å². The number of carbonyl (C=O) groups is 1. The minimum absolute atomic E-state index is 0.164. The van der Waals surface area contributed by atoms with Gasteiger partial charge in [-0.05, 0) is 18.9 Å². The fourth-order valence-corrected chi connectivity index (χ4v) is 1.04. The molecule has 1 N–H and O–H groups in total. The van der Waals surface area contributed by atoms with Gasteiger partial charge in [0.1, 0.15) is 0 Å². The summed E-state index contributed by atoms with van der Waals surface area (Å²) in [5, 5.41) is 10.3. The van der Waals surface area contributed by atoms with E-state index in [-0.39, 0.29) is 5.91 Å². The first-order valence-corrected chi connectivity index (χ1v) is 4.48. The van der Waals surface area contributed by atoms with Gasteiger partial charge in [0.2, 0.25) is 5.88 Å². The Morgan fingerprint density at radius 2 is 2.29 bits per heavy atom. The fraction of sp³-hybridized carbons (Fsp3) is 0.444. The second-order valence-electron chi connectivity index (χ2n) is 3.21. The number of nitrogens with one attached hydrogen (secondary N) is 1. The van der Waals surface area contributed by atoms with E-state index in [0.29, 0.717) is 17.6 Å². The summed E-state index contributed by atoms with van der Waals surface area (Å²) in [6.07, 6.45) is 2.13. The highest BCUT2D eigenvalue weighted by Crippen LogP contribution is 2.19. The maximum absolute atomic E-state index is 11.4. The molecule has 0 aromatic carbocycles. The Labute approximate surface area is 81.5 Å². The Morgan fingerprint density at radius 1 is 1.50 bits per heavy atom. The molecular formula is C9H11N3O2. The van der Waals surface area contributed by atoms with E-state index in [2.05, 4.69) is 15.5 Å². The molecule has 2 rings (SSSR count). The average Bonchev–Trinajstić information content (AvgIpc) is 3.02. The van der Waals surface area contributed by atoms with Crippen molar-refractivity contribution in [2.75, 3.05) is 7.11 Å². The van der Waals surface area contributed by atoms with Crippen LogP contribution in [0.25, 0.3) is 0 Å². The quantitative estimate of drug-likeness (QED) is 0.753. The zero-order valence-corrected chi connectivity index (χ0v) is 7.86. The highest BCUT2D eigenvalue weighted by Gasteiger charge is 2.24. The molecule has 1 amide bonds. The lowest BCUT2D eigenvalue weighted by Crippen LogP contribution is -2.26. The lowest BCUT2D eigenvalue weighted by atomic mass is 10.3. The molecule has 74 valence electrons. The highest BCUT2D eigenvalue weighted by atomic mass is 16.5. The Kier molecular flexibility index (Phi) is 2.30. The molecule has 1 aromatic rings. The van der Waals surface area contributed by atoms with Crippen molar-refractivity contribution in [3.63, 3.8) is 0 Å². The predicted molar refractivity (Wildman–Crippen MR) is 49.1 cm³/mol. The van der Waals surface area contributed by atoms with Gasteiger partial charge in [-0.1, -0.05) is 0 Å². The highest BCUT2D eigenvalue weighted by molar-refractivity contribution is 5.92. The molecule has 1 aliphatic rings. The monoisotopic (exact) mass is 193 g/mol. The molecule has 0 radical (unpaired) electrons. The van der Waals surface area contributed by atoms with Crippen LogP contribution in [0.2, 0.25) is 0 Å². The normalized spacial score (nSPS) is 14.9. The number of aromatic nitrogens is 2. The van der Waals surface area contributed by atoms with Crippen molar-refractivity contribution in [2.45, 2.75) is 18.9 Å². The number of hydrogen-bond donors (Lipinski definition) is 1. The van der Waals surface area contributed by atoms with E-state index < -0.39 is 0 Å². The van der Waals surface area contributed by atoms with Crippen LogP contribution in [-0.2, 0) is 0 Å². The van der Waals surface area contributed by atoms with Gasteiger partial charge < -0.3 is 10.1 Å². The van der Waals surface area contributed by atoms with Crippen LogP contribution in [0.4, 0.5) is 0 Å². The smallest absolute Gasteiger partial charge is 0.272 e. The van der Waals surface area contributed by atoms with E-state index in [1.165, 1.54) is 7.11 Å². The van der Waals surface area contributed by atoms with Crippen molar-refractivity contribution in [3.05, 3.63) is 17.8 Å². The van der Waals surface area contributed by atoms with Crippen LogP contribution >= 0.6 is 0 Å². The van der Waals surface area contributed by atoms with E-state index in [9.17, 15) is 4.79 Å². The number of amides is 1. The van der Waals surface area contributed by atoms with Crippen LogP contribution < -0.4 is 10.1 Å². The topological polar surface area (TPSA) is 64.1 Å². The third kappa shape index (κ3) is 1.99. The van der Waals surface area contributed by atoms with Gasteiger partial charge in [-0.3, -0.25) is 4.79 Å². The Bertz CT molecular complexity index is 332. The largest absolute Gasteiger partial charge is 0.480 e. The van der Waals surface area contributed by atoms with Gasteiger partial charge in [-0.25, -0.2) is 0 Å². The van der Waals surface area contributed by atoms with E-state index in [1.807, 2.05) is 0 Å². The maximum Gasteiger partial charge on any atom is 0.272 e.